The summed E-state index contributed by atoms with van der Waals surface area (Å²) >= 11 is 12.4. The Hall–Kier alpha value is -1.87. The summed E-state index contributed by atoms with van der Waals surface area (Å²) < 4.78 is 5.88. The summed E-state index contributed by atoms with van der Waals surface area (Å²) in [4.78, 5) is 0. The van der Waals surface area contributed by atoms with Crippen molar-refractivity contribution in [1.29, 1.82) is 5.26 Å². The van der Waals surface area contributed by atoms with Gasteiger partial charge in [-0.1, -0.05) is 23.2 Å². The van der Waals surface area contributed by atoms with E-state index in [9.17, 15) is 0 Å². The monoisotopic (exact) mass is 376 g/mol. The Morgan fingerprint density at radius 1 is 1.16 bits per heavy atom. The Morgan fingerprint density at radius 3 is 2.56 bits per heavy atom. The molecule has 7 heteroatoms. The lowest BCUT2D eigenvalue weighted by molar-refractivity contribution is 0.217. The molecule has 1 aliphatic heterocycles. The SMILES string of the molecule is N#Cc1ccc(OCCC2(c3cc(Cl)nnc3Cl)CCNCC2)cc1. The maximum atomic E-state index is 8.85. The molecule has 1 aliphatic rings. The molecule has 1 fully saturated rings. The maximum Gasteiger partial charge on any atom is 0.155 e. The van der Waals surface area contributed by atoms with Crippen molar-refractivity contribution < 1.29 is 4.74 Å². The molecular formula is C18H18Cl2N4O. The van der Waals surface area contributed by atoms with Crippen molar-refractivity contribution >= 4 is 23.2 Å². The van der Waals surface area contributed by atoms with E-state index in [0.29, 0.717) is 22.5 Å². The van der Waals surface area contributed by atoms with Gasteiger partial charge in [0, 0.05) is 11.0 Å². The van der Waals surface area contributed by atoms with Gasteiger partial charge >= 0.3 is 0 Å². The molecule has 0 bridgehead atoms. The Morgan fingerprint density at radius 2 is 1.88 bits per heavy atom. The van der Waals surface area contributed by atoms with Gasteiger partial charge in [-0.25, -0.2) is 0 Å². The first-order valence-electron chi connectivity index (χ1n) is 8.16. The van der Waals surface area contributed by atoms with Crippen LogP contribution in [0, 0.1) is 11.3 Å². The van der Waals surface area contributed by atoms with Crippen LogP contribution in [0.2, 0.25) is 10.3 Å². The van der Waals surface area contributed by atoms with Crippen molar-refractivity contribution in [2.24, 2.45) is 0 Å². The van der Waals surface area contributed by atoms with E-state index in [0.717, 1.165) is 43.7 Å². The zero-order chi connectivity index (χ0) is 17.7. The van der Waals surface area contributed by atoms with E-state index >= 15 is 0 Å². The highest BCUT2D eigenvalue weighted by molar-refractivity contribution is 6.31. The third-order valence-electron chi connectivity index (χ3n) is 4.68. The van der Waals surface area contributed by atoms with Gasteiger partial charge in [-0.2, -0.15) is 5.26 Å². The Balaban J connectivity index is 1.74. The van der Waals surface area contributed by atoms with Crippen LogP contribution < -0.4 is 10.1 Å². The van der Waals surface area contributed by atoms with Gasteiger partial charge in [-0.15, -0.1) is 10.2 Å². The lowest BCUT2D eigenvalue weighted by atomic mass is 9.71. The lowest BCUT2D eigenvalue weighted by Gasteiger charge is -2.38. The zero-order valence-corrected chi connectivity index (χ0v) is 15.1. The Labute approximate surface area is 156 Å². The highest BCUT2D eigenvalue weighted by Crippen LogP contribution is 2.40. The number of halogens is 2. The van der Waals surface area contributed by atoms with Gasteiger partial charge in [0.1, 0.15) is 5.75 Å². The molecule has 0 amide bonds. The normalized spacial score (nSPS) is 16.2. The fraction of sp³-hybridized carbons (Fsp3) is 0.389. The van der Waals surface area contributed by atoms with Crippen LogP contribution >= 0.6 is 23.2 Å². The van der Waals surface area contributed by atoms with Crippen LogP contribution in [0.1, 0.15) is 30.4 Å². The second-order valence-electron chi connectivity index (χ2n) is 6.14. The topological polar surface area (TPSA) is 70.8 Å². The fourth-order valence-electron chi connectivity index (χ4n) is 3.27. The number of piperidine rings is 1. The predicted octanol–water partition coefficient (Wildman–Crippen LogP) is 3.75. The Bertz CT molecular complexity index is 768. The fourth-order valence-corrected chi connectivity index (χ4v) is 3.71. The van der Waals surface area contributed by atoms with Crippen LogP contribution in [0.5, 0.6) is 5.75 Å². The van der Waals surface area contributed by atoms with Gasteiger partial charge in [0.05, 0.1) is 18.2 Å². The van der Waals surface area contributed by atoms with Gasteiger partial charge in [-0.05, 0) is 62.7 Å². The molecule has 1 saturated heterocycles. The van der Waals surface area contributed by atoms with Crippen molar-refractivity contribution in [2.45, 2.75) is 24.7 Å². The minimum absolute atomic E-state index is 0.130. The third-order valence-corrected chi connectivity index (χ3v) is 5.15. The molecule has 0 spiro atoms. The second kappa shape index (κ2) is 8.01. The molecule has 25 heavy (non-hydrogen) atoms. The molecule has 130 valence electrons. The smallest absolute Gasteiger partial charge is 0.155 e. The largest absolute Gasteiger partial charge is 0.494 e. The van der Waals surface area contributed by atoms with Crippen molar-refractivity contribution in [3.63, 3.8) is 0 Å². The summed E-state index contributed by atoms with van der Waals surface area (Å²) in [5, 5.41) is 20.8. The molecule has 1 aromatic carbocycles. The molecule has 1 N–H and O–H groups in total. The molecule has 0 radical (unpaired) electrons. The van der Waals surface area contributed by atoms with Gasteiger partial charge < -0.3 is 10.1 Å². The molecule has 3 rings (SSSR count). The zero-order valence-electron chi connectivity index (χ0n) is 13.6. The number of hydrogen-bond acceptors (Lipinski definition) is 5. The number of benzene rings is 1. The lowest BCUT2D eigenvalue weighted by Crippen LogP contribution is -2.41. The number of hydrogen-bond donors (Lipinski definition) is 1. The minimum atomic E-state index is -0.130. The predicted molar refractivity (Wildman–Crippen MR) is 97.1 cm³/mol. The highest BCUT2D eigenvalue weighted by Gasteiger charge is 2.36. The number of ether oxygens (including phenoxy) is 1. The molecule has 0 saturated carbocycles. The average molecular weight is 377 g/mol. The van der Waals surface area contributed by atoms with Crippen LogP contribution in [0.3, 0.4) is 0 Å². The van der Waals surface area contributed by atoms with Gasteiger partial charge in [0.2, 0.25) is 0 Å². The number of nitrogens with one attached hydrogen (secondary N) is 1. The molecule has 0 aliphatic carbocycles. The molecule has 0 atom stereocenters. The summed E-state index contributed by atoms with van der Waals surface area (Å²) in [6.07, 6.45) is 2.67. The molecule has 5 nitrogen and oxygen atoms in total. The third kappa shape index (κ3) is 4.21. The van der Waals surface area contributed by atoms with E-state index in [4.69, 9.17) is 33.2 Å². The van der Waals surface area contributed by atoms with E-state index in [1.807, 2.05) is 18.2 Å². The number of rotatable bonds is 5. The van der Waals surface area contributed by atoms with Crippen LogP contribution in [0.25, 0.3) is 0 Å². The first-order valence-corrected chi connectivity index (χ1v) is 8.91. The van der Waals surface area contributed by atoms with Crippen molar-refractivity contribution in [3.8, 4) is 11.8 Å². The van der Waals surface area contributed by atoms with Gasteiger partial charge in [0.25, 0.3) is 0 Å². The number of nitriles is 1. The first kappa shape index (κ1) is 17.9. The molecular weight excluding hydrogens is 359 g/mol. The van der Waals surface area contributed by atoms with Crippen LogP contribution in [0.15, 0.2) is 30.3 Å². The van der Waals surface area contributed by atoms with Gasteiger partial charge in [0.15, 0.2) is 10.3 Å². The molecule has 1 aromatic heterocycles. The van der Waals surface area contributed by atoms with Crippen LogP contribution in [0.4, 0.5) is 0 Å². The van der Waals surface area contributed by atoms with Crippen LogP contribution in [-0.4, -0.2) is 29.9 Å². The molecule has 0 unspecified atom stereocenters. The van der Waals surface area contributed by atoms with E-state index < -0.39 is 0 Å². The van der Waals surface area contributed by atoms with E-state index in [-0.39, 0.29) is 5.41 Å². The van der Waals surface area contributed by atoms with Crippen molar-refractivity contribution in [1.82, 2.24) is 15.5 Å². The van der Waals surface area contributed by atoms with Crippen LogP contribution in [-0.2, 0) is 5.41 Å². The highest BCUT2D eigenvalue weighted by atomic mass is 35.5. The standard InChI is InChI=1S/C18H18Cl2N4O/c19-16-11-15(17(20)24-23-16)18(5-8-22-9-6-18)7-10-25-14-3-1-13(12-21)2-4-14/h1-4,11,22H,5-10H2. The Kier molecular flexibility index (Phi) is 5.74. The van der Waals surface area contributed by atoms with E-state index in [1.54, 1.807) is 12.1 Å². The summed E-state index contributed by atoms with van der Waals surface area (Å²) in [5.74, 6) is 0.750. The van der Waals surface area contributed by atoms with E-state index in [2.05, 4.69) is 21.6 Å². The number of aromatic nitrogens is 2. The summed E-state index contributed by atoms with van der Waals surface area (Å²) in [6.45, 7) is 2.36. The minimum Gasteiger partial charge on any atom is -0.494 e. The second-order valence-corrected chi connectivity index (χ2v) is 6.88. The first-order chi connectivity index (χ1) is 12.1. The maximum absolute atomic E-state index is 8.85. The average Bonchev–Trinajstić information content (AvgIpc) is 2.65. The van der Waals surface area contributed by atoms with Crippen molar-refractivity contribution in [2.75, 3.05) is 19.7 Å². The summed E-state index contributed by atoms with van der Waals surface area (Å²) in [7, 11) is 0. The summed E-state index contributed by atoms with van der Waals surface area (Å²) in [5.41, 5.74) is 1.43. The van der Waals surface area contributed by atoms with Crippen molar-refractivity contribution in [3.05, 3.63) is 51.8 Å². The molecule has 2 heterocycles. The number of nitrogens with zero attached hydrogens (tertiary/aromatic N) is 3. The molecule has 2 aromatic rings. The van der Waals surface area contributed by atoms with Gasteiger partial charge in [-0.3, -0.25) is 0 Å². The summed E-state index contributed by atoms with van der Waals surface area (Å²) in [6, 6.07) is 11.0. The quantitative estimate of drug-likeness (QED) is 0.860. The van der Waals surface area contributed by atoms with E-state index in [1.165, 1.54) is 0 Å².